The number of para-hydroxylation sites is 1. The topological polar surface area (TPSA) is 41.5 Å². The van der Waals surface area contributed by atoms with Crippen LogP contribution in [-0.2, 0) is 6.54 Å². The van der Waals surface area contributed by atoms with Crippen LogP contribution < -0.4 is 10.1 Å². The minimum atomic E-state index is 0.327. The zero-order chi connectivity index (χ0) is 13.2. The van der Waals surface area contributed by atoms with E-state index in [-0.39, 0.29) is 0 Å². The van der Waals surface area contributed by atoms with Crippen LogP contribution in [0.4, 0.5) is 0 Å². The van der Waals surface area contributed by atoms with E-state index in [2.05, 4.69) is 17.4 Å². The summed E-state index contributed by atoms with van der Waals surface area (Å²) in [6, 6.07) is 11.9. The van der Waals surface area contributed by atoms with Crippen molar-refractivity contribution in [1.29, 1.82) is 0 Å². The van der Waals surface area contributed by atoms with E-state index < -0.39 is 0 Å². The number of phenols is 1. The van der Waals surface area contributed by atoms with Gasteiger partial charge in [-0.15, -0.1) is 0 Å². The zero-order valence-electron chi connectivity index (χ0n) is 10.9. The third-order valence-electron chi connectivity index (χ3n) is 3.45. The maximum atomic E-state index is 9.63. The molecule has 0 aliphatic carbocycles. The number of nitrogens with one attached hydrogen (secondary N) is 1. The van der Waals surface area contributed by atoms with E-state index in [0.717, 1.165) is 35.5 Å². The summed E-state index contributed by atoms with van der Waals surface area (Å²) in [5.41, 5.74) is 4.22. The molecule has 0 bridgehead atoms. The summed E-state index contributed by atoms with van der Waals surface area (Å²) < 4.78 is 5.88. The molecule has 3 heteroatoms. The predicted molar refractivity (Wildman–Crippen MR) is 75.5 cm³/mol. The molecule has 98 valence electrons. The second kappa shape index (κ2) is 4.94. The second-order valence-corrected chi connectivity index (χ2v) is 4.82. The number of rotatable bonds is 1. The molecule has 0 atom stereocenters. The van der Waals surface area contributed by atoms with Crippen molar-refractivity contribution in [3.63, 3.8) is 0 Å². The first kappa shape index (κ1) is 12.1. The summed E-state index contributed by atoms with van der Waals surface area (Å²) >= 11 is 0. The van der Waals surface area contributed by atoms with Gasteiger partial charge in [0.2, 0.25) is 0 Å². The largest absolute Gasteiger partial charge is 0.508 e. The highest BCUT2D eigenvalue weighted by Gasteiger charge is 2.14. The average molecular weight is 255 g/mol. The fourth-order valence-electron chi connectivity index (χ4n) is 2.39. The number of hydrogen-bond acceptors (Lipinski definition) is 3. The van der Waals surface area contributed by atoms with Crippen molar-refractivity contribution in [1.82, 2.24) is 5.32 Å². The molecule has 1 aliphatic heterocycles. The van der Waals surface area contributed by atoms with Crippen molar-refractivity contribution in [2.45, 2.75) is 13.5 Å². The summed E-state index contributed by atoms with van der Waals surface area (Å²) in [4.78, 5) is 0. The highest BCUT2D eigenvalue weighted by Crippen LogP contribution is 2.35. The first-order chi connectivity index (χ1) is 9.25. The first-order valence-corrected chi connectivity index (χ1v) is 6.51. The van der Waals surface area contributed by atoms with E-state index in [9.17, 15) is 5.11 Å². The molecule has 2 N–H and O–H groups in total. The first-order valence-electron chi connectivity index (χ1n) is 6.51. The van der Waals surface area contributed by atoms with E-state index in [4.69, 9.17) is 4.74 Å². The summed E-state index contributed by atoms with van der Waals surface area (Å²) in [6.45, 7) is 4.28. The molecular weight excluding hydrogens is 238 g/mol. The van der Waals surface area contributed by atoms with Gasteiger partial charge in [-0.1, -0.05) is 24.3 Å². The SMILES string of the molecule is Cc1cc(-c2cccc3c2OCCNC3)ccc1O. The molecule has 0 radical (unpaired) electrons. The van der Waals surface area contributed by atoms with E-state index in [1.165, 1.54) is 5.56 Å². The van der Waals surface area contributed by atoms with Crippen LogP contribution in [0.3, 0.4) is 0 Å². The second-order valence-electron chi connectivity index (χ2n) is 4.82. The molecule has 19 heavy (non-hydrogen) atoms. The quantitative estimate of drug-likeness (QED) is 0.823. The smallest absolute Gasteiger partial charge is 0.131 e. The molecule has 3 rings (SSSR count). The van der Waals surface area contributed by atoms with Crippen LogP contribution in [0.2, 0.25) is 0 Å². The lowest BCUT2D eigenvalue weighted by Gasteiger charge is -2.13. The Kier molecular flexibility index (Phi) is 3.13. The number of fused-ring (bicyclic) bond motifs is 1. The normalized spacial score (nSPS) is 14.4. The van der Waals surface area contributed by atoms with E-state index in [1.54, 1.807) is 6.07 Å². The van der Waals surface area contributed by atoms with Crippen LogP contribution in [0.5, 0.6) is 11.5 Å². The van der Waals surface area contributed by atoms with Gasteiger partial charge in [0, 0.05) is 24.2 Å². The summed E-state index contributed by atoms with van der Waals surface area (Å²) in [7, 11) is 0. The van der Waals surface area contributed by atoms with Gasteiger partial charge in [-0.3, -0.25) is 0 Å². The van der Waals surface area contributed by atoms with Crippen LogP contribution in [0.1, 0.15) is 11.1 Å². The monoisotopic (exact) mass is 255 g/mol. The van der Waals surface area contributed by atoms with Crippen molar-refractivity contribution < 1.29 is 9.84 Å². The maximum Gasteiger partial charge on any atom is 0.131 e. The van der Waals surface area contributed by atoms with Gasteiger partial charge in [-0.25, -0.2) is 0 Å². The van der Waals surface area contributed by atoms with Crippen LogP contribution in [0.15, 0.2) is 36.4 Å². The lowest BCUT2D eigenvalue weighted by atomic mass is 9.99. The van der Waals surface area contributed by atoms with Gasteiger partial charge in [0.15, 0.2) is 0 Å². The molecule has 1 aliphatic rings. The van der Waals surface area contributed by atoms with Crippen molar-refractivity contribution in [3.8, 4) is 22.6 Å². The Balaban J connectivity index is 2.11. The highest BCUT2D eigenvalue weighted by atomic mass is 16.5. The Morgan fingerprint density at radius 3 is 2.95 bits per heavy atom. The number of hydrogen-bond donors (Lipinski definition) is 2. The molecule has 1 heterocycles. The van der Waals surface area contributed by atoms with Gasteiger partial charge in [-0.2, -0.15) is 0 Å². The molecule has 2 aromatic carbocycles. The number of benzene rings is 2. The predicted octanol–water partition coefficient (Wildman–Crippen LogP) is 2.85. The minimum Gasteiger partial charge on any atom is -0.508 e. The number of ether oxygens (including phenoxy) is 1. The minimum absolute atomic E-state index is 0.327. The molecule has 0 amide bonds. The lowest BCUT2D eigenvalue weighted by molar-refractivity contribution is 0.327. The zero-order valence-corrected chi connectivity index (χ0v) is 10.9. The number of aryl methyl sites for hydroxylation is 1. The van der Waals surface area contributed by atoms with Crippen molar-refractivity contribution in [3.05, 3.63) is 47.5 Å². The standard InChI is InChI=1S/C16H17NO2/c1-11-9-12(5-6-15(11)18)14-4-2-3-13-10-17-7-8-19-16(13)14/h2-6,9,17-18H,7-8,10H2,1H3. The van der Waals surface area contributed by atoms with Crippen LogP contribution in [-0.4, -0.2) is 18.3 Å². The van der Waals surface area contributed by atoms with Crippen LogP contribution >= 0.6 is 0 Å². The summed E-state index contributed by atoms with van der Waals surface area (Å²) in [6.07, 6.45) is 0. The number of phenolic OH excluding ortho intramolecular Hbond substituents is 1. The Bertz CT molecular complexity index is 608. The van der Waals surface area contributed by atoms with Gasteiger partial charge in [-0.05, 0) is 30.2 Å². The lowest BCUT2D eigenvalue weighted by Crippen LogP contribution is -2.16. The summed E-state index contributed by atoms with van der Waals surface area (Å²) in [5, 5.41) is 13.0. The average Bonchev–Trinajstić information content (AvgIpc) is 2.67. The Labute approximate surface area is 112 Å². The van der Waals surface area contributed by atoms with Gasteiger partial charge < -0.3 is 15.2 Å². The van der Waals surface area contributed by atoms with Crippen LogP contribution in [0.25, 0.3) is 11.1 Å². The van der Waals surface area contributed by atoms with Gasteiger partial charge in [0.25, 0.3) is 0 Å². The van der Waals surface area contributed by atoms with Crippen LogP contribution in [0, 0.1) is 6.92 Å². The number of aromatic hydroxyl groups is 1. The summed E-state index contributed by atoms with van der Waals surface area (Å²) in [5.74, 6) is 1.28. The van der Waals surface area contributed by atoms with E-state index >= 15 is 0 Å². The Hall–Kier alpha value is -2.00. The third kappa shape index (κ3) is 2.29. The van der Waals surface area contributed by atoms with Crippen molar-refractivity contribution in [2.24, 2.45) is 0 Å². The fourth-order valence-corrected chi connectivity index (χ4v) is 2.39. The van der Waals surface area contributed by atoms with Gasteiger partial charge in [0.05, 0.1) is 0 Å². The van der Waals surface area contributed by atoms with Crippen molar-refractivity contribution in [2.75, 3.05) is 13.2 Å². The molecule has 0 spiro atoms. The van der Waals surface area contributed by atoms with E-state index in [0.29, 0.717) is 12.4 Å². The van der Waals surface area contributed by atoms with Crippen molar-refractivity contribution >= 4 is 0 Å². The molecular formula is C16H17NO2. The Morgan fingerprint density at radius 1 is 1.21 bits per heavy atom. The Morgan fingerprint density at radius 2 is 2.11 bits per heavy atom. The molecule has 0 saturated carbocycles. The third-order valence-corrected chi connectivity index (χ3v) is 3.45. The molecule has 2 aromatic rings. The fraction of sp³-hybridized carbons (Fsp3) is 0.250. The highest BCUT2D eigenvalue weighted by molar-refractivity contribution is 5.73. The molecule has 0 aromatic heterocycles. The van der Waals surface area contributed by atoms with Gasteiger partial charge >= 0.3 is 0 Å². The molecule has 3 nitrogen and oxygen atoms in total. The maximum absolute atomic E-state index is 9.63. The molecule has 0 fully saturated rings. The molecule has 0 saturated heterocycles. The molecule has 0 unspecified atom stereocenters. The van der Waals surface area contributed by atoms with E-state index in [1.807, 2.05) is 25.1 Å². The van der Waals surface area contributed by atoms with Gasteiger partial charge in [0.1, 0.15) is 18.1 Å².